The highest BCUT2D eigenvalue weighted by Crippen LogP contribution is 2.23. The topological polar surface area (TPSA) is 72.9 Å². The van der Waals surface area contributed by atoms with E-state index in [4.69, 9.17) is 4.74 Å². The highest BCUT2D eigenvalue weighted by Gasteiger charge is 2.32. The molecule has 0 radical (unpaired) electrons. The summed E-state index contributed by atoms with van der Waals surface area (Å²) in [7, 11) is -2.18. The lowest BCUT2D eigenvalue weighted by atomic mass is 10.2. The molecule has 8 heteroatoms. The minimum Gasteiger partial charge on any atom is -0.469 e. The van der Waals surface area contributed by atoms with Gasteiger partial charge in [-0.15, -0.1) is 11.3 Å². The molecule has 0 aliphatic carbocycles. The van der Waals surface area contributed by atoms with E-state index in [0.717, 1.165) is 0 Å². The van der Waals surface area contributed by atoms with Gasteiger partial charge in [-0.3, -0.25) is 4.79 Å². The maximum Gasteiger partial charge on any atom is 0.308 e. The summed E-state index contributed by atoms with van der Waals surface area (Å²) in [4.78, 5) is 11.2. The number of methoxy groups -OCH3 is 1. The third-order valence-corrected chi connectivity index (χ3v) is 6.05. The molecule has 0 saturated carbocycles. The van der Waals surface area contributed by atoms with E-state index >= 15 is 0 Å². The lowest BCUT2D eigenvalue weighted by molar-refractivity contribution is -0.145. The highest BCUT2D eigenvalue weighted by atomic mass is 32.2. The lowest BCUT2D eigenvalue weighted by Crippen LogP contribution is -2.46. The van der Waals surface area contributed by atoms with Gasteiger partial charge in [0.25, 0.3) is 10.0 Å². The largest absolute Gasteiger partial charge is 0.469 e. The molecule has 0 aromatic carbocycles. The zero-order chi connectivity index (χ0) is 13.9. The van der Waals surface area contributed by atoms with Gasteiger partial charge < -0.3 is 9.47 Å². The van der Waals surface area contributed by atoms with Gasteiger partial charge in [0, 0.05) is 13.1 Å². The number of carbonyl (C=O) groups excluding carboxylic acids is 1. The third kappa shape index (κ3) is 3.33. The quantitative estimate of drug-likeness (QED) is 0.766. The van der Waals surface area contributed by atoms with Gasteiger partial charge in [-0.05, 0) is 11.4 Å². The summed E-state index contributed by atoms with van der Waals surface area (Å²) in [6.45, 7) is 0.763. The molecule has 1 unspecified atom stereocenters. The van der Waals surface area contributed by atoms with Crippen LogP contribution in [0.2, 0.25) is 0 Å². The molecule has 19 heavy (non-hydrogen) atoms. The molecule has 2 rings (SSSR count). The van der Waals surface area contributed by atoms with E-state index < -0.39 is 22.1 Å². The van der Waals surface area contributed by atoms with Crippen molar-refractivity contribution in [3.63, 3.8) is 0 Å². The molecule has 6 nitrogen and oxygen atoms in total. The number of thiophene rings is 1. The maximum atomic E-state index is 12.3. The summed E-state index contributed by atoms with van der Waals surface area (Å²) in [6, 6.07) is 3.27. The number of nitrogens with zero attached hydrogens (tertiary/aromatic N) is 1. The SMILES string of the molecule is COC(=O)CC1CN(S(=O)(=O)c2cccs2)CCO1. The first-order chi connectivity index (χ1) is 9.04. The average molecular weight is 305 g/mol. The summed E-state index contributed by atoms with van der Waals surface area (Å²) in [5.41, 5.74) is 0. The van der Waals surface area contributed by atoms with Crippen LogP contribution in [0.5, 0.6) is 0 Å². The summed E-state index contributed by atoms with van der Waals surface area (Å²) in [5.74, 6) is -0.402. The standard InChI is InChI=1S/C11H15NO5S2/c1-16-10(13)7-9-8-12(4-5-17-9)19(14,15)11-3-2-6-18-11/h2-3,6,9H,4-5,7-8H2,1H3. The van der Waals surface area contributed by atoms with E-state index in [-0.39, 0.29) is 19.6 Å². The summed E-state index contributed by atoms with van der Waals surface area (Å²) < 4.78 is 36.2. The van der Waals surface area contributed by atoms with E-state index in [2.05, 4.69) is 4.74 Å². The van der Waals surface area contributed by atoms with Crippen molar-refractivity contribution < 1.29 is 22.7 Å². The first-order valence-electron chi connectivity index (χ1n) is 5.76. The second-order valence-electron chi connectivity index (χ2n) is 4.07. The second kappa shape index (κ2) is 6.00. The molecule has 1 aromatic heterocycles. The number of morpholine rings is 1. The monoisotopic (exact) mass is 305 g/mol. The van der Waals surface area contributed by atoms with Crippen LogP contribution < -0.4 is 0 Å². The fourth-order valence-corrected chi connectivity index (χ4v) is 4.44. The number of hydrogen-bond acceptors (Lipinski definition) is 6. The van der Waals surface area contributed by atoms with Crippen LogP contribution in [-0.2, 0) is 24.3 Å². The Morgan fingerprint density at radius 2 is 2.42 bits per heavy atom. The minimum absolute atomic E-state index is 0.0625. The second-order valence-corrected chi connectivity index (χ2v) is 7.18. The molecule has 1 aliphatic heterocycles. The van der Waals surface area contributed by atoms with Gasteiger partial charge in [0.15, 0.2) is 0 Å². The number of esters is 1. The molecule has 0 amide bonds. The van der Waals surface area contributed by atoms with Gasteiger partial charge in [-0.2, -0.15) is 4.31 Å². The number of rotatable bonds is 4. The van der Waals surface area contributed by atoms with Crippen LogP contribution in [0.25, 0.3) is 0 Å². The van der Waals surface area contributed by atoms with Crippen molar-refractivity contribution in [2.45, 2.75) is 16.7 Å². The van der Waals surface area contributed by atoms with Gasteiger partial charge in [-0.25, -0.2) is 8.42 Å². The molecular weight excluding hydrogens is 290 g/mol. The van der Waals surface area contributed by atoms with Crippen molar-refractivity contribution in [2.24, 2.45) is 0 Å². The molecule has 0 bridgehead atoms. The van der Waals surface area contributed by atoms with Crippen LogP contribution in [0.15, 0.2) is 21.7 Å². The Labute approximate surface area is 116 Å². The van der Waals surface area contributed by atoms with E-state index in [1.54, 1.807) is 17.5 Å². The summed E-state index contributed by atoms with van der Waals surface area (Å²) in [6.07, 6.45) is -0.386. The average Bonchev–Trinajstić information content (AvgIpc) is 2.93. The van der Waals surface area contributed by atoms with E-state index in [1.165, 1.54) is 22.8 Å². The van der Waals surface area contributed by atoms with Gasteiger partial charge in [-0.1, -0.05) is 6.07 Å². The molecule has 2 heterocycles. The van der Waals surface area contributed by atoms with Gasteiger partial charge >= 0.3 is 5.97 Å². The van der Waals surface area contributed by atoms with Crippen LogP contribution in [0, 0.1) is 0 Å². The Balaban J connectivity index is 2.07. The van der Waals surface area contributed by atoms with Crippen molar-refractivity contribution in [1.29, 1.82) is 0 Å². The Morgan fingerprint density at radius 1 is 1.63 bits per heavy atom. The zero-order valence-electron chi connectivity index (χ0n) is 10.4. The lowest BCUT2D eigenvalue weighted by Gasteiger charge is -2.31. The van der Waals surface area contributed by atoms with Crippen molar-refractivity contribution in [3.05, 3.63) is 17.5 Å². The predicted molar refractivity (Wildman–Crippen MR) is 69.5 cm³/mol. The zero-order valence-corrected chi connectivity index (χ0v) is 12.1. The van der Waals surface area contributed by atoms with Crippen molar-refractivity contribution in [2.75, 3.05) is 26.8 Å². The van der Waals surface area contributed by atoms with Crippen LogP contribution in [0.4, 0.5) is 0 Å². The Morgan fingerprint density at radius 3 is 3.05 bits per heavy atom. The Bertz CT molecular complexity index is 525. The molecule has 0 N–H and O–H groups in total. The fraction of sp³-hybridized carbons (Fsp3) is 0.545. The fourth-order valence-electron chi connectivity index (χ4n) is 1.84. The molecule has 106 valence electrons. The molecule has 1 fully saturated rings. The molecule has 0 spiro atoms. The van der Waals surface area contributed by atoms with E-state index in [0.29, 0.717) is 10.8 Å². The molecule has 1 saturated heterocycles. The van der Waals surface area contributed by atoms with Crippen LogP contribution in [0.3, 0.4) is 0 Å². The summed E-state index contributed by atoms with van der Waals surface area (Å²) in [5, 5.41) is 1.72. The Hall–Kier alpha value is -0.960. The van der Waals surface area contributed by atoms with Gasteiger partial charge in [0.05, 0.1) is 26.2 Å². The normalized spacial score (nSPS) is 21.2. The molecule has 1 atom stereocenters. The number of sulfonamides is 1. The summed E-state index contributed by atoms with van der Waals surface area (Å²) >= 11 is 1.18. The number of ether oxygens (including phenoxy) is 2. The van der Waals surface area contributed by atoms with E-state index in [9.17, 15) is 13.2 Å². The van der Waals surface area contributed by atoms with Crippen molar-refractivity contribution >= 4 is 27.3 Å². The van der Waals surface area contributed by atoms with E-state index in [1.807, 2.05) is 0 Å². The first-order valence-corrected chi connectivity index (χ1v) is 8.08. The molecule has 1 aromatic rings. The van der Waals surface area contributed by atoms with Gasteiger partial charge in [0.2, 0.25) is 0 Å². The van der Waals surface area contributed by atoms with Crippen LogP contribution in [-0.4, -0.2) is 51.6 Å². The smallest absolute Gasteiger partial charge is 0.308 e. The first kappa shape index (κ1) is 14.4. The van der Waals surface area contributed by atoms with Crippen LogP contribution in [0.1, 0.15) is 6.42 Å². The minimum atomic E-state index is -3.47. The highest BCUT2D eigenvalue weighted by molar-refractivity contribution is 7.91. The molecule has 1 aliphatic rings. The number of hydrogen-bond donors (Lipinski definition) is 0. The predicted octanol–water partition coefficient (Wildman–Crippen LogP) is 0.701. The van der Waals surface area contributed by atoms with Crippen LogP contribution >= 0.6 is 11.3 Å². The maximum absolute atomic E-state index is 12.3. The third-order valence-electron chi connectivity index (χ3n) is 2.81. The van der Waals surface area contributed by atoms with Crippen molar-refractivity contribution in [1.82, 2.24) is 4.31 Å². The molecular formula is C11H15NO5S2. The van der Waals surface area contributed by atoms with Gasteiger partial charge in [0.1, 0.15) is 4.21 Å². The number of carbonyl (C=O) groups is 1. The Kier molecular flexibility index (Phi) is 4.56. The van der Waals surface area contributed by atoms with Crippen molar-refractivity contribution in [3.8, 4) is 0 Å².